The number of aromatic nitrogens is 1. The number of nitrogens with one attached hydrogen (secondary N) is 1. The fraction of sp³-hybridized carbons (Fsp3) is 0.355. The maximum absolute atomic E-state index is 13.7. The van der Waals surface area contributed by atoms with Gasteiger partial charge in [0.2, 0.25) is 6.79 Å². The van der Waals surface area contributed by atoms with Crippen molar-refractivity contribution < 1.29 is 42.1 Å². The summed E-state index contributed by atoms with van der Waals surface area (Å²) >= 11 is 0. The molecule has 11 heteroatoms. The number of carbonyl (C=O) groups is 3. The minimum absolute atomic E-state index is 0.0129. The van der Waals surface area contributed by atoms with Gasteiger partial charge in [0.15, 0.2) is 17.2 Å². The Hall–Kier alpha value is -4.54. The van der Waals surface area contributed by atoms with Gasteiger partial charge in [0, 0.05) is 25.1 Å². The van der Waals surface area contributed by atoms with Crippen molar-refractivity contribution in [3.8, 4) is 11.5 Å². The number of nitrogens with zero attached hydrogens (tertiary/aromatic N) is 1. The van der Waals surface area contributed by atoms with Crippen LogP contribution in [0.15, 0.2) is 60.8 Å². The van der Waals surface area contributed by atoms with Crippen LogP contribution >= 0.6 is 0 Å². The zero-order valence-electron chi connectivity index (χ0n) is 24.1. The Morgan fingerprint density at radius 2 is 1.48 bits per heavy atom. The molecule has 0 aliphatic rings. The van der Waals surface area contributed by atoms with Gasteiger partial charge in [-0.05, 0) is 54.7 Å². The fourth-order valence-corrected chi connectivity index (χ4v) is 4.38. The summed E-state index contributed by atoms with van der Waals surface area (Å²) < 4.78 is 48.7. The van der Waals surface area contributed by atoms with E-state index < -0.39 is 54.3 Å². The molecule has 224 valence electrons. The molecule has 0 saturated carbocycles. The molecule has 2 atom stereocenters. The predicted molar refractivity (Wildman–Crippen MR) is 149 cm³/mol. The number of ether oxygens (including phenoxy) is 4. The van der Waals surface area contributed by atoms with Crippen molar-refractivity contribution in [1.29, 1.82) is 0 Å². The lowest BCUT2D eigenvalue weighted by Gasteiger charge is -2.28. The normalized spacial score (nSPS) is 12.4. The van der Waals surface area contributed by atoms with Gasteiger partial charge in [0.1, 0.15) is 23.8 Å². The lowest BCUT2D eigenvalue weighted by molar-refractivity contribution is -0.151. The molecule has 0 aliphatic carbocycles. The second kappa shape index (κ2) is 14.9. The number of methoxy groups -OCH3 is 1. The zero-order valence-corrected chi connectivity index (χ0v) is 24.1. The molecule has 3 rings (SSSR count). The molecule has 3 aromatic rings. The van der Waals surface area contributed by atoms with Crippen LogP contribution in [0.4, 0.5) is 8.78 Å². The van der Waals surface area contributed by atoms with Gasteiger partial charge in [0.25, 0.3) is 5.91 Å². The summed E-state index contributed by atoms with van der Waals surface area (Å²) in [5.74, 6) is -3.35. The Labute approximate surface area is 243 Å². The number of pyridine rings is 1. The molecule has 0 aliphatic heterocycles. The molecule has 0 unspecified atom stereocenters. The van der Waals surface area contributed by atoms with Crippen LogP contribution in [0.25, 0.3) is 0 Å². The van der Waals surface area contributed by atoms with E-state index in [1.165, 1.54) is 50.6 Å². The lowest BCUT2D eigenvalue weighted by Crippen LogP contribution is -2.44. The topological polar surface area (TPSA) is 113 Å². The Morgan fingerprint density at radius 3 is 1.98 bits per heavy atom. The molecule has 1 aromatic heterocycles. The summed E-state index contributed by atoms with van der Waals surface area (Å²) in [6.07, 6.45) is 0.792. The number of halogens is 2. The van der Waals surface area contributed by atoms with Crippen molar-refractivity contribution in [3.05, 3.63) is 89.2 Å². The quantitative estimate of drug-likeness (QED) is 0.216. The van der Waals surface area contributed by atoms with Gasteiger partial charge in [-0.2, -0.15) is 0 Å². The second-order valence-electron chi connectivity index (χ2n) is 9.97. The molecule has 0 spiro atoms. The van der Waals surface area contributed by atoms with Gasteiger partial charge in [-0.15, -0.1) is 0 Å². The van der Waals surface area contributed by atoms with Crippen molar-refractivity contribution in [2.45, 2.75) is 52.2 Å². The summed E-state index contributed by atoms with van der Waals surface area (Å²) in [6, 6.07) is 11.9. The van der Waals surface area contributed by atoms with Crippen LogP contribution in [0.3, 0.4) is 0 Å². The molecule has 0 bridgehead atoms. The van der Waals surface area contributed by atoms with Crippen LogP contribution in [0.2, 0.25) is 0 Å². The SMILES string of the molecule is COc1ccnc(C(=O)N[C@@H](CC(C)C)C(=O)O[C@@H](C)C(c2ccc(F)cc2)c2ccc(F)cc2)c1OCOC(C)=O. The Morgan fingerprint density at radius 1 is 0.905 bits per heavy atom. The molecule has 2 aromatic carbocycles. The molecule has 0 fully saturated rings. The number of hydrogen-bond donors (Lipinski definition) is 1. The van der Waals surface area contributed by atoms with Gasteiger partial charge in [0.05, 0.1) is 7.11 Å². The van der Waals surface area contributed by atoms with Gasteiger partial charge < -0.3 is 24.3 Å². The molecular weight excluding hydrogens is 550 g/mol. The van der Waals surface area contributed by atoms with E-state index in [9.17, 15) is 23.2 Å². The highest BCUT2D eigenvalue weighted by Crippen LogP contribution is 2.32. The van der Waals surface area contributed by atoms with E-state index in [0.717, 1.165) is 0 Å². The summed E-state index contributed by atoms with van der Waals surface area (Å²) in [4.78, 5) is 42.1. The number of rotatable bonds is 13. The average Bonchev–Trinajstić information content (AvgIpc) is 2.94. The predicted octanol–water partition coefficient (Wildman–Crippen LogP) is 5.18. The first-order chi connectivity index (χ1) is 20.0. The molecule has 1 N–H and O–H groups in total. The van der Waals surface area contributed by atoms with Crippen molar-refractivity contribution in [1.82, 2.24) is 10.3 Å². The van der Waals surface area contributed by atoms with Crippen LogP contribution in [0, 0.1) is 17.6 Å². The largest absolute Gasteiger partial charge is 0.493 e. The summed E-state index contributed by atoms with van der Waals surface area (Å²) in [5, 5.41) is 2.68. The van der Waals surface area contributed by atoms with Crippen molar-refractivity contribution >= 4 is 17.8 Å². The Kier molecular flexibility index (Phi) is 11.3. The first-order valence-corrected chi connectivity index (χ1v) is 13.3. The third-order valence-corrected chi connectivity index (χ3v) is 6.30. The molecular formula is C31H34F2N2O7. The van der Waals surface area contributed by atoms with E-state index in [2.05, 4.69) is 10.3 Å². The average molecular weight is 585 g/mol. The molecule has 42 heavy (non-hydrogen) atoms. The number of benzene rings is 2. The van der Waals surface area contributed by atoms with E-state index in [4.69, 9.17) is 18.9 Å². The van der Waals surface area contributed by atoms with Crippen LogP contribution in [0.1, 0.15) is 61.6 Å². The van der Waals surface area contributed by atoms with Crippen LogP contribution in [0.5, 0.6) is 11.5 Å². The first-order valence-electron chi connectivity index (χ1n) is 13.3. The maximum atomic E-state index is 13.7. The highest BCUT2D eigenvalue weighted by molar-refractivity contribution is 5.98. The number of amides is 1. The van der Waals surface area contributed by atoms with Crippen molar-refractivity contribution in [3.63, 3.8) is 0 Å². The lowest BCUT2D eigenvalue weighted by atomic mass is 9.87. The highest BCUT2D eigenvalue weighted by Gasteiger charge is 2.31. The third kappa shape index (κ3) is 8.73. The number of esters is 2. The first kappa shape index (κ1) is 32.0. The maximum Gasteiger partial charge on any atom is 0.328 e. The molecule has 1 heterocycles. The third-order valence-electron chi connectivity index (χ3n) is 6.30. The van der Waals surface area contributed by atoms with E-state index in [1.54, 1.807) is 31.2 Å². The van der Waals surface area contributed by atoms with Gasteiger partial charge >= 0.3 is 11.9 Å². The van der Waals surface area contributed by atoms with Crippen LogP contribution in [-0.2, 0) is 19.1 Å². The zero-order chi connectivity index (χ0) is 30.8. The van der Waals surface area contributed by atoms with Crippen LogP contribution in [-0.4, -0.2) is 48.9 Å². The molecule has 9 nitrogen and oxygen atoms in total. The number of carbonyl (C=O) groups excluding carboxylic acids is 3. The summed E-state index contributed by atoms with van der Waals surface area (Å²) in [7, 11) is 1.37. The fourth-order valence-electron chi connectivity index (χ4n) is 4.38. The monoisotopic (exact) mass is 584 g/mol. The van der Waals surface area contributed by atoms with E-state index in [-0.39, 0.29) is 29.5 Å². The standard InChI is InChI=1S/C31H34F2N2O7/c1-18(2)16-25(35-30(37)28-29(41-17-40-20(4)36)26(39-5)14-15-34-28)31(38)42-19(3)27(21-6-10-23(32)11-7-21)22-8-12-24(33)13-9-22/h6-15,18-19,25,27H,16-17H2,1-5H3,(H,35,37)/t19-,25-/m0/s1. The highest BCUT2D eigenvalue weighted by atomic mass is 19.1. The molecule has 0 saturated heterocycles. The second-order valence-corrected chi connectivity index (χ2v) is 9.97. The van der Waals surface area contributed by atoms with E-state index in [0.29, 0.717) is 11.1 Å². The van der Waals surface area contributed by atoms with Gasteiger partial charge in [-0.25, -0.2) is 18.6 Å². The summed E-state index contributed by atoms with van der Waals surface area (Å²) in [5.41, 5.74) is 1.12. The summed E-state index contributed by atoms with van der Waals surface area (Å²) in [6.45, 7) is 6.16. The molecule has 1 amide bonds. The number of hydrogen-bond acceptors (Lipinski definition) is 8. The minimum Gasteiger partial charge on any atom is -0.493 e. The van der Waals surface area contributed by atoms with Crippen LogP contribution < -0.4 is 14.8 Å². The smallest absolute Gasteiger partial charge is 0.328 e. The van der Waals surface area contributed by atoms with E-state index >= 15 is 0 Å². The Balaban J connectivity index is 1.86. The van der Waals surface area contributed by atoms with E-state index in [1.807, 2.05) is 13.8 Å². The van der Waals surface area contributed by atoms with Crippen molar-refractivity contribution in [2.24, 2.45) is 5.92 Å². The molecule has 0 radical (unpaired) electrons. The van der Waals surface area contributed by atoms with Crippen molar-refractivity contribution in [2.75, 3.05) is 13.9 Å². The van der Waals surface area contributed by atoms with Gasteiger partial charge in [-0.1, -0.05) is 38.1 Å². The minimum atomic E-state index is -1.07. The van der Waals surface area contributed by atoms with Gasteiger partial charge in [-0.3, -0.25) is 9.59 Å². The Bertz CT molecular complexity index is 1320.